The Labute approximate surface area is 184 Å². The summed E-state index contributed by atoms with van der Waals surface area (Å²) in [5.41, 5.74) is 5.19. The van der Waals surface area contributed by atoms with Crippen LogP contribution in [-0.4, -0.2) is 30.6 Å². The van der Waals surface area contributed by atoms with Gasteiger partial charge in [0.2, 0.25) is 0 Å². The number of hydrogen-bond donors (Lipinski definition) is 1. The minimum Gasteiger partial charge on any atom is -0.348 e. The number of amides is 1. The minimum absolute atomic E-state index is 0.134. The molecule has 0 unspecified atom stereocenters. The van der Waals surface area contributed by atoms with E-state index < -0.39 is 0 Å². The van der Waals surface area contributed by atoms with Gasteiger partial charge in [0.15, 0.2) is 0 Å². The Morgan fingerprint density at radius 2 is 1.69 bits per heavy atom. The van der Waals surface area contributed by atoms with Gasteiger partial charge in [-0.3, -0.25) is 9.78 Å². The van der Waals surface area contributed by atoms with Gasteiger partial charge in [0, 0.05) is 29.9 Å². The fraction of sp³-hybridized carbons (Fsp3) is 0.0800. The van der Waals surface area contributed by atoms with Gasteiger partial charge in [-0.25, -0.2) is 14.6 Å². The van der Waals surface area contributed by atoms with Crippen molar-refractivity contribution in [1.82, 2.24) is 30.0 Å². The van der Waals surface area contributed by atoms with E-state index in [1.165, 1.54) is 6.33 Å². The van der Waals surface area contributed by atoms with Gasteiger partial charge in [-0.2, -0.15) is 5.10 Å². The average Bonchev–Trinajstić information content (AvgIpc) is 3.36. The van der Waals surface area contributed by atoms with Crippen LogP contribution in [0, 0.1) is 0 Å². The molecule has 1 amide bonds. The Morgan fingerprint density at radius 3 is 2.47 bits per heavy atom. The summed E-state index contributed by atoms with van der Waals surface area (Å²) < 4.78 is 1.77. The fourth-order valence-corrected chi connectivity index (χ4v) is 3.58. The summed E-state index contributed by atoms with van der Waals surface area (Å²) in [6.07, 6.45) is 6.65. The third kappa shape index (κ3) is 4.22. The Bertz CT molecular complexity index is 1350. The lowest BCUT2D eigenvalue weighted by molar-refractivity contribution is 0.0952. The highest BCUT2D eigenvalue weighted by Crippen LogP contribution is 2.24. The molecule has 7 nitrogen and oxygen atoms in total. The molecule has 0 spiro atoms. The van der Waals surface area contributed by atoms with Crippen LogP contribution in [0.3, 0.4) is 0 Å². The second kappa shape index (κ2) is 8.77. The van der Waals surface area contributed by atoms with E-state index in [4.69, 9.17) is 4.98 Å². The second-order valence-electron chi connectivity index (χ2n) is 7.40. The van der Waals surface area contributed by atoms with Gasteiger partial charge in [0.1, 0.15) is 12.7 Å². The summed E-state index contributed by atoms with van der Waals surface area (Å²) in [4.78, 5) is 25.9. The van der Waals surface area contributed by atoms with Gasteiger partial charge < -0.3 is 5.32 Å². The van der Waals surface area contributed by atoms with E-state index in [0.29, 0.717) is 18.7 Å². The van der Waals surface area contributed by atoms with Crippen molar-refractivity contribution >= 4 is 16.8 Å². The summed E-state index contributed by atoms with van der Waals surface area (Å²) in [7, 11) is 0. The molecule has 0 saturated heterocycles. The third-order valence-corrected chi connectivity index (χ3v) is 5.22. The number of aromatic nitrogens is 5. The van der Waals surface area contributed by atoms with E-state index in [9.17, 15) is 4.79 Å². The molecule has 3 aromatic heterocycles. The number of hydrogen-bond acceptors (Lipinski definition) is 5. The fourth-order valence-electron chi connectivity index (χ4n) is 3.58. The van der Waals surface area contributed by atoms with Crippen molar-refractivity contribution in [2.45, 2.75) is 13.1 Å². The van der Waals surface area contributed by atoms with E-state index in [0.717, 1.165) is 33.3 Å². The highest BCUT2D eigenvalue weighted by Gasteiger charge is 2.14. The van der Waals surface area contributed by atoms with Crippen molar-refractivity contribution in [3.8, 4) is 11.3 Å². The maximum absolute atomic E-state index is 13.1. The Balaban J connectivity index is 1.35. The van der Waals surface area contributed by atoms with Crippen LogP contribution in [0.5, 0.6) is 0 Å². The molecule has 0 fully saturated rings. The highest BCUT2D eigenvalue weighted by atomic mass is 16.1. The van der Waals surface area contributed by atoms with Crippen LogP contribution >= 0.6 is 0 Å². The normalized spacial score (nSPS) is 10.9. The van der Waals surface area contributed by atoms with Crippen molar-refractivity contribution in [2.24, 2.45) is 0 Å². The van der Waals surface area contributed by atoms with Crippen LogP contribution in [0.25, 0.3) is 22.2 Å². The second-order valence-corrected chi connectivity index (χ2v) is 7.40. The number of nitrogens with zero attached hydrogens (tertiary/aromatic N) is 5. The maximum Gasteiger partial charge on any atom is 0.252 e. The Hall–Kier alpha value is -4.39. The lowest BCUT2D eigenvalue weighted by Crippen LogP contribution is -2.23. The Morgan fingerprint density at radius 1 is 0.906 bits per heavy atom. The van der Waals surface area contributed by atoms with Crippen LogP contribution in [0.2, 0.25) is 0 Å². The number of carbonyl (C=O) groups excluding carboxylic acids is 1. The molecular formula is C25H20N6O. The maximum atomic E-state index is 13.1. The van der Waals surface area contributed by atoms with E-state index in [1.54, 1.807) is 23.4 Å². The Kier molecular flexibility index (Phi) is 5.36. The third-order valence-electron chi connectivity index (χ3n) is 5.22. The standard InChI is InChI=1S/C25H20N6O/c32-25(28-14-18-5-7-19(8-6-18)15-31-17-27-16-29-31)22-13-24(20-9-11-26-12-10-20)30-23-4-2-1-3-21(22)23/h1-13,16-17H,14-15H2,(H,28,32). The highest BCUT2D eigenvalue weighted by molar-refractivity contribution is 6.07. The van der Waals surface area contributed by atoms with E-state index in [1.807, 2.05) is 66.7 Å². The molecule has 0 radical (unpaired) electrons. The molecule has 5 aromatic rings. The first-order chi connectivity index (χ1) is 15.8. The first-order valence-electron chi connectivity index (χ1n) is 10.2. The van der Waals surface area contributed by atoms with Gasteiger partial charge in [0.25, 0.3) is 5.91 Å². The van der Waals surface area contributed by atoms with Crippen molar-refractivity contribution in [3.05, 3.63) is 108 Å². The molecule has 1 N–H and O–H groups in total. The molecule has 3 heterocycles. The number of carbonyl (C=O) groups is 1. The number of para-hydroxylation sites is 1. The van der Waals surface area contributed by atoms with Crippen LogP contribution in [0.15, 0.2) is 91.8 Å². The number of fused-ring (bicyclic) bond motifs is 1. The monoisotopic (exact) mass is 420 g/mol. The lowest BCUT2D eigenvalue weighted by atomic mass is 10.0. The van der Waals surface area contributed by atoms with Gasteiger partial charge in [-0.05, 0) is 35.4 Å². The van der Waals surface area contributed by atoms with Gasteiger partial charge in [-0.1, -0.05) is 42.5 Å². The SMILES string of the molecule is O=C(NCc1ccc(Cn2cncn2)cc1)c1cc(-c2ccncc2)nc2ccccc12. The molecule has 5 rings (SSSR count). The van der Waals surface area contributed by atoms with E-state index in [2.05, 4.69) is 20.4 Å². The van der Waals surface area contributed by atoms with E-state index >= 15 is 0 Å². The molecule has 0 aliphatic heterocycles. The first kappa shape index (κ1) is 19.6. The average molecular weight is 420 g/mol. The van der Waals surface area contributed by atoms with Crippen molar-refractivity contribution in [1.29, 1.82) is 0 Å². The minimum atomic E-state index is -0.134. The summed E-state index contributed by atoms with van der Waals surface area (Å²) >= 11 is 0. The van der Waals surface area contributed by atoms with Crippen LogP contribution < -0.4 is 5.32 Å². The molecule has 0 saturated carbocycles. The molecular weight excluding hydrogens is 400 g/mol. The molecule has 2 aromatic carbocycles. The topological polar surface area (TPSA) is 85.6 Å². The number of rotatable bonds is 6. The molecule has 0 bridgehead atoms. The molecule has 0 aliphatic carbocycles. The van der Waals surface area contributed by atoms with Gasteiger partial charge >= 0.3 is 0 Å². The summed E-state index contributed by atoms with van der Waals surface area (Å²) in [5.74, 6) is -0.134. The molecule has 32 heavy (non-hydrogen) atoms. The zero-order valence-electron chi connectivity index (χ0n) is 17.2. The smallest absolute Gasteiger partial charge is 0.252 e. The predicted octanol–water partition coefficient (Wildman–Crippen LogP) is 3.87. The van der Waals surface area contributed by atoms with Crippen LogP contribution in [0.4, 0.5) is 0 Å². The summed E-state index contributed by atoms with van der Waals surface area (Å²) in [6.45, 7) is 1.09. The molecule has 0 aliphatic rings. The van der Waals surface area contributed by atoms with Crippen molar-refractivity contribution in [2.75, 3.05) is 0 Å². The van der Waals surface area contributed by atoms with Crippen LogP contribution in [-0.2, 0) is 13.1 Å². The van der Waals surface area contributed by atoms with E-state index in [-0.39, 0.29) is 5.91 Å². The summed E-state index contributed by atoms with van der Waals surface area (Å²) in [6, 6.07) is 21.4. The zero-order valence-corrected chi connectivity index (χ0v) is 17.2. The first-order valence-corrected chi connectivity index (χ1v) is 10.2. The number of nitrogens with one attached hydrogen (secondary N) is 1. The molecule has 156 valence electrons. The largest absolute Gasteiger partial charge is 0.348 e. The van der Waals surface area contributed by atoms with Crippen molar-refractivity contribution < 1.29 is 4.79 Å². The molecule has 7 heteroatoms. The van der Waals surface area contributed by atoms with Gasteiger partial charge in [0.05, 0.1) is 23.3 Å². The molecule has 0 atom stereocenters. The lowest BCUT2D eigenvalue weighted by Gasteiger charge is -2.11. The summed E-state index contributed by atoms with van der Waals surface area (Å²) in [5, 5.41) is 7.99. The zero-order chi connectivity index (χ0) is 21.8. The van der Waals surface area contributed by atoms with Gasteiger partial charge in [-0.15, -0.1) is 0 Å². The number of benzene rings is 2. The predicted molar refractivity (Wildman–Crippen MR) is 122 cm³/mol. The van der Waals surface area contributed by atoms with Crippen molar-refractivity contribution in [3.63, 3.8) is 0 Å². The number of pyridine rings is 2. The van der Waals surface area contributed by atoms with Crippen LogP contribution in [0.1, 0.15) is 21.5 Å². The quantitative estimate of drug-likeness (QED) is 0.451.